The summed E-state index contributed by atoms with van der Waals surface area (Å²) >= 11 is 0. The van der Waals surface area contributed by atoms with Crippen molar-refractivity contribution in [3.8, 4) is 12.1 Å². The fraction of sp³-hybridized carbons (Fsp3) is 0.176. The first-order chi connectivity index (χ1) is 11.6. The third-order valence-electron chi connectivity index (χ3n) is 3.51. The van der Waals surface area contributed by atoms with Crippen molar-refractivity contribution in [2.75, 3.05) is 0 Å². The van der Waals surface area contributed by atoms with Crippen LogP contribution in [0.25, 0.3) is 11.1 Å². The Balaban J connectivity index is 1.91. The summed E-state index contributed by atoms with van der Waals surface area (Å²) in [6, 6.07) is 10.1. The zero-order chi connectivity index (χ0) is 17.1. The molecule has 0 atom stereocenters. The highest BCUT2D eigenvalue weighted by atomic mass is 16.5. The summed E-state index contributed by atoms with van der Waals surface area (Å²) in [6.45, 7) is 1.99. The molecule has 2 aromatic heterocycles. The highest BCUT2D eigenvalue weighted by Gasteiger charge is 2.12. The molecule has 0 fully saturated rings. The van der Waals surface area contributed by atoms with Crippen LogP contribution >= 0.6 is 0 Å². The zero-order valence-electron chi connectivity index (χ0n) is 12.8. The van der Waals surface area contributed by atoms with Crippen LogP contribution in [0.3, 0.4) is 0 Å². The number of nitrogens with one attached hydrogen (secondary N) is 1. The van der Waals surface area contributed by atoms with E-state index in [0.717, 1.165) is 5.56 Å². The highest BCUT2D eigenvalue weighted by Crippen LogP contribution is 2.14. The van der Waals surface area contributed by atoms with Crippen LogP contribution in [0.5, 0.6) is 6.01 Å². The molecular formula is C17H13N3O4. The fourth-order valence-electron chi connectivity index (χ4n) is 2.30. The van der Waals surface area contributed by atoms with E-state index in [1.54, 1.807) is 24.3 Å². The van der Waals surface area contributed by atoms with Gasteiger partial charge in [0.15, 0.2) is 0 Å². The molecule has 0 amide bonds. The van der Waals surface area contributed by atoms with Gasteiger partial charge in [0.05, 0.1) is 11.6 Å². The van der Waals surface area contributed by atoms with Gasteiger partial charge in [0.1, 0.15) is 12.0 Å². The lowest BCUT2D eigenvalue weighted by atomic mass is 10.1. The molecule has 0 aliphatic heterocycles. The minimum Gasteiger partial charge on any atom is -0.460 e. The summed E-state index contributed by atoms with van der Waals surface area (Å²) < 4.78 is 10.5. The number of hydrogen-bond acceptors (Lipinski definition) is 6. The molecule has 1 aromatic carbocycles. The van der Waals surface area contributed by atoms with Gasteiger partial charge in [-0.1, -0.05) is 19.1 Å². The number of aryl methyl sites for hydroxylation is 1. The van der Waals surface area contributed by atoms with Crippen molar-refractivity contribution in [1.82, 2.24) is 9.97 Å². The fourth-order valence-corrected chi connectivity index (χ4v) is 2.30. The molecule has 3 aromatic rings. The van der Waals surface area contributed by atoms with Crippen LogP contribution in [0.15, 0.2) is 44.3 Å². The Labute approximate surface area is 136 Å². The molecule has 0 saturated carbocycles. The van der Waals surface area contributed by atoms with Crippen molar-refractivity contribution >= 4 is 11.1 Å². The number of nitriles is 1. The Morgan fingerprint density at radius 1 is 1.29 bits per heavy atom. The summed E-state index contributed by atoms with van der Waals surface area (Å²) in [5.41, 5.74) is 0.905. The molecule has 0 saturated heterocycles. The van der Waals surface area contributed by atoms with Gasteiger partial charge in [0.25, 0.3) is 11.6 Å². The minimum absolute atomic E-state index is 0.0340. The molecular weight excluding hydrogens is 310 g/mol. The van der Waals surface area contributed by atoms with Gasteiger partial charge >= 0.3 is 5.63 Å². The van der Waals surface area contributed by atoms with Crippen LogP contribution in [-0.2, 0) is 13.0 Å². The molecule has 24 heavy (non-hydrogen) atoms. The van der Waals surface area contributed by atoms with Gasteiger partial charge < -0.3 is 9.15 Å². The Hall–Kier alpha value is -3.40. The van der Waals surface area contributed by atoms with Crippen molar-refractivity contribution < 1.29 is 9.15 Å². The van der Waals surface area contributed by atoms with Crippen LogP contribution in [0.2, 0.25) is 0 Å². The van der Waals surface area contributed by atoms with Crippen LogP contribution < -0.4 is 15.9 Å². The van der Waals surface area contributed by atoms with E-state index >= 15 is 0 Å². The SMILES string of the molecule is CCc1cc(=O)oc2nc(OCc3ccc(C#N)cc3)[nH]c(=O)c12. The summed E-state index contributed by atoms with van der Waals surface area (Å²) in [4.78, 5) is 30.3. The second kappa shape index (κ2) is 6.38. The van der Waals surface area contributed by atoms with Crippen molar-refractivity contribution in [2.24, 2.45) is 0 Å². The number of rotatable bonds is 4. The number of nitrogens with zero attached hydrogens (tertiary/aromatic N) is 2. The normalized spacial score (nSPS) is 10.5. The van der Waals surface area contributed by atoms with Crippen LogP contribution in [-0.4, -0.2) is 9.97 Å². The van der Waals surface area contributed by atoms with Gasteiger partial charge in [-0.05, 0) is 29.7 Å². The lowest BCUT2D eigenvalue weighted by Gasteiger charge is -2.06. The smallest absolute Gasteiger partial charge is 0.337 e. The summed E-state index contributed by atoms with van der Waals surface area (Å²) in [6.07, 6.45) is 0.512. The Morgan fingerprint density at radius 3 is 2.71 bits per heavy atom. The standard InChI is InChI=1S/C17H13N3O4/c1-2-12-7-13(21)24-16-14(12)15(22)19-17(20-16)23-9-11-5-3-10(8-18)4-6-11/h3-7H,2,9H2,1H3,(H,19,20,22). The number of aromatic nitrogens is 2. The van der Waals surface area contributed by atoms with Gasteiger partial charge in [0, 0.05) is 6.07 Å². The summed E-state index contributed by atoms with van der Waals surface area (Å²) in [5, 5.41) is 9.02. The van der Waals surface area contributed by atoms with E-state index in [-0.39, 0.29) is 23.7 Å². The molecule has 7 nitrogen and oxygen atoms in total. The Bertz CT molecular complexity index is 1040. The predicted octanol–water partition coefficient (Wildman–Crippen LogP) is 1.89. The molecule has 2 heterocycles. The average molecular weight is 323 g/mol. The maximum atomic E-state index is 12.2. The van der Waals surface area contributed by atoms with Crippen LogP contribution in [0.4, 0.5) is 0 Å². The van der Waals surface area contributed by atoms with E-state index in [4.69, 9.17) is 14.4 Å². The van der Waals surface area contributed by atoms with Crippen molar-refractivity contribution in [3.63, 3.8) is 0 Å². The van der Waals surface area contributed by atoms with Crippen molar-refractivity contribution in [2.45, 2.75) is 20.0 Å². The van der Waals surface area contributed by atoms with Crippen molar-refractivity contribution in [3.05, 3.63) is 67.8 Å². The lowest BCUT2D eigenvalue weighted by Crippen LogP contribution is -2.15. The van der Waals surface area contributed by atoms with Gasteiger partial charge in [-0.15, -0.1) is 0 Å². The number of H-pyrrole nitrogens is 1. The van der Waals surface area contributed by atoms with Gasteiger partial charge in [-0.2, -0.15) is 10.2 Å². The zero-order valence-corrected chi connectivity index (χ0v) is 12.8. The maximum absolute atomic E-state index is 12.2. The lowest BCUT2D eigenvalue weighted by molar-refractivity contribution is 0.279. The topological polar surface area (TPSA) is 109 Å². The molecule has 0 radical (unpaired) electrons. The monoisotopic (exact) mass is 323 g/mol. The molecule has 0 aliphatic rings. The quantitative estimate of drug-likeness (QED) is 0.785. The van der Waals surface area contributed by atoms with Gasteiger partial charge in [-0.3, -0.25) is 9.78 Å². The molecule has 7 heteroatoms. The summed E-state index contributed by atoms with van der Waals surface area (Å²) in [5.74, 6) is 0. The van der Waals surface area contributed by atoms with E-state index < -0.39 is 11.2 Å². The van der Waals surface area contributed by atoms with Crippen LogP contribution in [0.1, 0.15) is 23.6 Å². The number of ether oxygens (including phenoxy) is 1. The predicted molar refractivity (Wildman–Crippen MR) is 85.8 cm³/mol. The summed E-state index contributed by atoms with van der Waals surface area (Å²) in [7, 11) is 0. The van der Waals surface area contributed by atoms with E-state index in [0.29, 0.717) is 17.5 Å². The third-order valence-corrected chi connectivity index (χ3v) is 3.51. The first kappa shape index (κ1) is 15.5. The third kappa shape index (κ3) is 3.03. The molecule has 3 rings (SSSR count). The molecule has 0 unspecified atom stereocenters. The van der Waals surface area contributed by atoms with E-state index in [9.17, 15) is 9.59 Å². The molecule has 0 bridgehead atoms. The average Bonchev–Trinajstić information content (AvgIpc) is 2.59. The minimum atomic E-state index is -0.560. The van der Waals surface area contributed by atoms with E-state index in [2.05, 4.69) is 9.97 Å². The Kier molecular flexibility index (Phi) is 4.12. The van der Waals surface area contributed by atoms with E-state index in [1.165, 1.54) is 6.07 Å². The maximum Gasteiger partial charge on any atom is 0.337 e. The molecule has 120 valence electrons. The van der Waals surface area contributed by atoms with Gasteiger partial charge in [0.2, 0.25) is 5.71 Å². The van der Waals surface area contributed by atoms with Crippen molar-refractivity contribution in [1.29, 1.82) is 5.26 Å². The highest BCUT2D eigenvalue weighted by molar-refractivity contribution is 5.75. The van der Waals surface area contributed by atoms with Crippen LogP contribution in [0, 0.1) is 11.3 Å². The number of hydrogen-bond donors (Lipinski definition) is 1. The molecule has 0 aliphatic carbocycles. The molecule has 1 N–H and O–H groups in total. The Morgan fingerprint density at radius 2 is 2.04 bits per heavy atom. The first-order valence-electron chi connectivity index (χ1n) is 7.29. The molecule has 0 spiro atoms. The number of fused-ring (bicyclic) bond motifs is 1. The largest absolute Gasteiger partial charge is 0.460 e. The number of benzene rings is 1. The first-order valence-corrected chi connectivity index (χ1v) is 7.29. The van der Waals surface area contributed by atoms with E-state index in [1.807, 2.05) is 13.0 Å². The number of aromatic amines is 1. The van der Waals surface area contributed by atoms with Gasteiger partial charge in [-0.25, -0.2) is 4.79 Å². The second-order valence-electron chi connectivity index (χ2n) is 5.09. The second-order valence-corrected chi connectivity index (χ2v) is 5.09.